The number of carbonyl (C=O) groups is 1. The number of nitrogens with one attached hydrogen (secondary N) is 2. The molecule has 1 atom stereocenters. The predicted molar refractivity (Wildman–Crippen MR) is 116 cm³/mol. The molecule has 8 heteroatoms. The van der Waals surface area contributed by atoms with Gasteiger partial charge in [-0.1, -0.05) is 0 Å². The highest BCUT2D eigenvalue weighted by molar-refractivity contribution is 5.95. The molecule has 31 heavy (non-hydrogen) atoms. The predicted octanol–water partition coefficient (Wildman–Crippen LogP) is 3.07. The van der Waals surface area contributed by atoms with E-state index in [2.05, 4.69) is 15.3 Å². The van der Waals surface area contributed by atoms with Crippen LogP contribution in [0.1, 0.15) is 59.5 Å². The monoisotopic (exact) mass is 423 g/mol. The minimum Gasteiger partial charge on any atom is -0.340 e. The van der Waals surface area contributed by atoms with Crippen molar-refractivity contribution in [3.8, 4) is 0 Å². The molecule has 1 amide bonds. The van der Waals surface area contributed by atoms with Gasteiger partial charge in [-0.25, -0.2) is 9.37 Å². The van der Waals surface area contributed by atoms with Gasteiger partial charge in [0.2, 0.25) is 0 Å². The molecule has 1 unspecified atom stereocenters. The summed E-state index contributed by atoms with van der Waals surface area (Å²) in [4.78, 5) is 36.4. The topological polar surface area (TPSA) is 83.0 Å². The van der Waals surface area contributed by atoms with Crippen LogP contribution in [0, 0.1) is 12.7 Å². The molecule has 7 nitrogen and oxygen atoms in total. The first-order chi connectivity index (χ1) is 15.0. The second-order valence-corrected chi connectivity index (χ2v) is 8.51. The Morgan fingerprint density at radius 1 is 1.19 bits per heavy atom. The second-order valence-electron chi connectivity index (χ2n) is 8.51. The van der Waals surface area contributed by atoms with E-state index in [0.717, 1.165) is 38.8 Å². The number of amides is 1. The van der Waals surface area contributed by atoms with Gasteiger partial charge in [-0.05, 0) is 75.5 Å². The normalized spacial score (nSPS) is 19.9. The number of hydrogen-bond acceptors (Lipinski definition) is 4. The highest BCUT2D eigenvalue weighted by Gasteiger charge is 2.35. The maximum atomic E-state index is 13.6. The molecule has 0 saturated carbocycles. The van der Waals surface area contributed by atoms with Crippen LogP contribution in [0.15, 0.2) is 35.3 Å². The van der Waals surface area contributed by atoms with Crippen LogP contribution in [0.2, 0.25) is 0 Å². The van der Waals surface area contributed by atoms with Crippen molar-refractivity contribution in [3.05, 3.63) is 63.6 Å². The van der Waals surface area contributed by atoms with Crippen molar-refractivity contribution >= 4 is 16.9 Å². The SMILES string of the molecule is Cc1ccn(C2CCNCC2)c(=O)c1C(=O)N1CCCC1c1nc2ccc(F)cc2[nH]1. The number of rotatable bonds is 3. The number of hydrogen-bond donors (Lipinski definition) is 2. The number of piperidine rings is 1. The van der Waals surface area contributed by atoms with E-state index in [1.807, 2.05) is 19.2 Å². The Bertz CT molecular complexity index is 1190. The molecular weight excluding hydrogens is 397 g/mol. The molecule has 2 saturated heterocycles. The minimum atomic E-state index is -0.333. The van der Waals surface area contributed by atoms with E-state index < -0.39 is 0 Å². The van der Waals surface area contributed by atoms with Crippen LogP contribution in [0.3, 0.4) is 0 Å². The number of carbonyl (C=O) groups excluding carboxylic acids is 1. The van der Waals surface area contributed by atoms with E-state index in [0.29, 0.717) is 29.0 Å². The standard InChI is InChI=1S/C23H26FN5O2/c1-14-8-12-28(16-6-9-25-10-7-16)22(30)20(14)23(31)29-11-2-3-19(29)21-26-17-5-4-15(24)13-18(17)27-21/h4-5,8,12-13,16,19,25H,2-3,6-7,9-11H2,1H3,(H,26,27). The number of benzene rings is 1. The third kappa shape index (κ3) is 3.54. The summed E-state index contributed by atoms with van der Waals surface area (Å²) >= 11 is 0. The number of fused-ring (bicyclic) bond motifs is 1. The van der Waals surface area contributed by atoms with Gasteiger partial charge in [0.1, 0.15) is 17.2 Å². The fourth-order valence-electron chi connectivity index (χ4n) is 4.87. The smallest absolute Gasteiger partial charge is 0.263 e. The van der Waals surface area contributed by atoms with Crippen molar-refractivity contribution in [2.24, 2.45) is 0 Å². The lowest BCUT2D eigenvalue weighted by Crippen LogP contribution is -2.40. The molecule has 2 N–H and O–H groups in total. The summed E-state index contributed by atoms with van der Waals surface area (Å²) in [5.41, 5.74) is 2.00. The molecule has 0 spiro atoms. The average Bonchev–Trinajstić information content (AvgIpc) is 3.41. The van der Waals surface area contributed by atoms with Crippen molar-refractivity contribution in [2.75, 3.05) is 19.6 Å². The quantitative estimate of drug-likeness (QED) is 0.678. The number of imidazole rings is 1. The second kappa shape index (κ2) is 7.92. The Hall–Kier alpha value is -3.00. The summed E-state index contributed by atoms with van der Waals surface area (Å²) in [7, 11) is 0. The lowest BCUT2D eigenvalue weighted by molar-refractivity contribution is 0.0727. The minimum absolute atomic E-state index is 0.112. The fourth-order valence-corrected chi connectivity index (χ4v) is 4.87. The molecule has 5 rings (SSSR count). The van der Waals surface area contributed by atoms with E-state index in [1.54, 1.807) is 15.5 Å². The van der Waals surface area contributed by atoms with E-state index in [-0.39, 0.29) is 34.9 Å². The van der Waals surface area contributed by atoms with Crippen LogP contribution in [0.25, 0.3) is 11.0 Å². The van der Waals surface area contributed by atoms with Gasteiger partial charge < -0.3 is 19.8 Å². The summed E-state index contributed by atoms with van der Waals surface area (Å²) in [6.45, 7) is 4.12. The number of pyridine rings is 1. The van der Waals surface area contributed by atoms with Crippen LogP contribution in [-0.4, -0.2) is 45.0 Å². The van der Waals surface area contributed by atoms with Crippen molar-refractivity contribution < 1.29 is 9.18 Å². The van der Waals surface area contributed by atoms with Gasteiger partial charge in [0, 0.05) is 18.8 Å². The molecule has 2 aromatic heterocycles. The first-order valence-electron chi connectivity index (χ1n) is 10.9. The summed E-state index contributed by atoms with van der Waals surface area (Å²) in [6.07, 6.45) is 5.15. The van der Waals surface area contributed by atoms with Gasteiger partial charge >= 0.3 is 0 Å². The lowest BCUT2D eigenvalue weighted by Gasteiger charge is -2.27. The van der Waals surface area contributed by atoms with Crippen molar-refractivity contribution in [2.45, 2.75) is 44.7 Å². The Labute approximate surface area is 179 Å². The molecule has 1 aromatic carbocycles. The largest absolute Gasteiger partial charge is 0.340 e. The van der Waals surface area contributed by atoms with E-state index in [4.69, 9.17) is 0 Å². The van der Waals surface area contributed by atoms with Crippen LogP contribution < -0.4 is 10.9 Å². The zero-order valence-electron chi connectivity index (χ0n) is 17.5. The van der Waals surface area contributed by atoms with Gasteiger partial charge in [-0.2, -0.15) is 0 Å². The summed E-state index contributed by atoms with van der Waals surface area (Å²) in [5.74, 6) is 0.0547. The van der Waals surface area contributed by atoms with E-state index in [9.17, 15) is 14.0 Å². The summed E-state index contributed by atoms with van der Waals surface area (Å²) < 4.78 is 15.3. The molecular formula is C23H26FN5O2. The number of nitrogens with zero attached hydrogens (tertiary/aromatic N) is 3. The molecule has 0 bridgehead atoms. The highest BCUT2D eigenvalue weighted by Crippen LogP contribution is 2.33. The van der Waals surface area contributed by atoms with Crippen LogP contribution in [-0.2, 0) is 0 Å². The average molecular weight is 423 g/mol. The first kappa shape index (κ1) is 19.9. The van der Waals surface area contributed by atoms with E-state index in [1.165, 1.54) is 12.1 Å². The number of halogens is 1. The Morgan fingerprint density at radius 3 is 2.81 bits per heavy atom. The molecule has 162 valence electrons. The zero-order chi connectivity index (χ0) is 21.5. The maximum absolute atomic E-state index is 13.6. The Morgan fingerprint density at radius 2 is 2.00 bits per heavy atom. The zero-order valence-corrected chi connectivity index (χ0v) is 17.5. The van der Waals surface area contributed by atoms with Gasteiger partial charge in [-0.3, -0.25) is 9.59 Å². The summed E-state index contributed by atoms with van der Waals surface area (Å²) in [5, 5.41) is 3.31. The highest BCUT2D eigenvalue weighted by atomic mass is 19.1. The molecule has 4 heterocycles. The molecule has 3 aromatic rings. The molecule has 2 aliphatic heterocycles. The van der Waals surface area contributed by atoms with Crippen molar-refractivity contribution in [1.82, 2.24) is 24.8 Å². The number of H-pyrrole nitrogens is 1. The number of aromatic nitrogens is 3. The number of aryl methyl sites for hydroxylation is 1. The van der Waals surface area contributed by atoms with E-state index >= 15 is 0 Å². The molecule has 0 aliphatic carbocycles. The van der Waals surface area contributed by atoms with Gasteiger partial charge in [0.05, 0.1) is 17.1 Å². The van der Waals surface area contributed by atoms with Crippen LogP contribution in [0.4, 0.5) is 4.39 Å². The van der Waals surface area contributed by atoms with Gasteiger partial charge in [-0.15, -0.1) is 0 Å². The molecule has 0 radical (unpaired) electrons. The molecule has 2 fully saturated rings. The lowest BCUT2D eigenvalue weighted by atomic mass is 10.0. The van der Waals surface area contributed by atoms with Crippen LogP contribution in [0.5, 0.6) is 0 Å². The van der Waals surface area contributed by atoms with Crippen molar-refractivity contribution in [1.29, 1.82) is 0 Å². The summed E-state index contributed by atoms with van der Waals surface area (Å²) in [6, 6.07) is 6.14. The number of likely N-dealkylation sites (tertiary alicyclic amines) is 1. The Kier molecular flexibility index (Phi) is 5.09. The van der Waals surface area contributed by atoms with Gasteiger partial charge in [0.25, 0.3) is 11.5 Å². The maximum Gasteiger partial charge on any atom is 0.263 e. The fraction of sp³-hybridized carbons (Fsp3) is 0.435. The Balaban J connectivity index is 1.49. The third-order valence-electron chi connectivity index (χ3n) is 6.54. The number of aromatic amines is 1. The molecule has 2 aliphatic rings. The first-order valence-corrected chi connectivity index (χ1v) is 10.9. The van der Waals surface area contributed by atoms with Crippen LogP contribution >= 0.6 is 0 Å². The van der Waals surface area contributed by atoms with Crippen molar-refractivity contribution in [3.63, 3.8) is 0 Å². The third-order valence-corrected chi connectivity index (χ3v) is 6.54. The van der Waals surface area contributed by atoms with Gasteiger partial charge in [0.15, 0.2) is 0 Å².